The molecule has 1 aliphatic carbocycles. The number of ether oxygens (including phenoxy) is 1. The highest BCUT2D eigenvalue weighted by atomic mass is 16.5. The van der Waals surface area contributed by atoms with Crippen molar-refractivity contribution in [2.75, 3.05) is 13.7 Å². The van der Waals surface area contributed by atoms with Crippen LogP contribution in [-0.2, 0) is 11.2 Å². The fourth-order valence-corrected chi connectivity index (χ4v) is 2.72. The molecule has 0 heterocycles. The highest BCUT2D eigenvalue weighted by Crippen LogP contribution is 2.35. The molecule has 1 aromatic carbocycles. The van der Waals surface area contributed by atoms with Crippen LogP contribution in [-0.4, -0.2) is 19.6 Å². The molecule has 2 rings (SSSR count). The van der Waals surface area contributed by atoms with Crippen LogP contribution in [0.5, 0.6) is 5.75 Å². The van der Waals surface area contributed by atoms with Gasteiger partial charge in [0.15, 0.2) is 0 Å². The van der Waals surface area contributed by atoms with E-state index in [4.69, 9.17) is 4.74 Å². The molecule has 1 amide bonds. The van der Waals surface area contributed by atoms with Crippen molar-refractivity contribution in [1.82, 2.24) is 5.32 Å². The van der Waals surface area contributed by atoms with Gasteiger partial charge < -0.3 is 10.1 Å². The number of benzene rings is 1. The molecule has 0 fully saturated rings. The summed E-state index contributed by atoms with van der Waals surface area (Å²) in [6, 6.07) is 6.38. The van der Waals surface area contributed by atoms with Crippen molar-refractivity contribution < 1.29 is 9.53 Å². The van der Waals surface area contributed by atoms with Gasteiger partial charge in [0.25, 0.3) is 0 Å². The number of hydrogen-bond acceptors (Lipinski definition) is 2. The van der Waals surface area contributed by atoms with Crippen LogP contribution in [0, 0.1) is 0 Å². The number of nitrogens with one attached hydrogen (secondary N) is 1. The van der Waals surface area contributed by atoms with E-state index >= 15 is 0 Å². The first-order valence-electron chi connectivity index (χ1n) is 7.62. The average Bonchev–Trinajstić information content (AvgIpc) is 2.48. The Labute approximate surface area is 122 Å². The number of hydrogen-bond donors (Lipinski definition) is 1. The third-order valence-corrected chi connectivity index (χ3v) is 3.66. The van der Waals surface area contributed by atoms with E-state index in [1.165, 1.54) is 24.0 Å². The molecule has 3 heteroatoms. The lowest BCUT2D eigenvalue weighted by Gasteiger charge is -2.26. The molecule has 20 heavy (non-hydrogen) atoms. The Kier molecular flexibility index (Phi) is 7.13. The highest BCUT2D eigenvalue weighted by molar-refractivity contribution is 5.72. The normalized spacial score (nSPS) is 16.5. The predicted molar refractivity (Wildman–Crippen MR) is 83.3 cm³/mol. The Hall–Kier alpha value is -1.51. The summed E-state index contributed by atoms with van der Waals surface area (Å²) in [6.07, 6.45) is 4.62. The molecule has 0 saturated heterocycles. The predicted octanol–water partition coefficient (Wildman–Crippen LogP) is 3.67. The van der Waals surface area contributed by atoms with E-state index in [1.807, 2.05) is 19.9 Å². The molecule has 112 valence electrons. The van der Waals surface area contributed by atoms with Crippen molar-refractivity contribution in [3.05, 3.63) is 29.3 Å². The molecule has 3 nitrogen and oxygen atoms in total. The number of rotatable bonds is 4. The average molecular weight is 277 g/mol. The summed E-state index contributed by atoms with van der Waals surface area (Å²) < 4.78 is 5.30. The van der Waals surface area contributed by atoms with Crippen molar-refractivity contribution >= 4 is 5.91 Å². The number of carbonyl (C=O) groups excluding carboxylic acids is 1. The van der Waals surface area contributed by atoms with Crippen LogP contribution >= 0.6 is 0 Å². The zero-order valence-electron chi connectivity index (χ0n) is 13.2. The Balaban J connectivity index is 0.000000956. The summed E-state index contributed by atoms with van der Waals surface area (Å²) >= 11 is 0. The summed E-state index contributed by atoms with van der Waals surface area (Å²) in [5.74, 6) is 1.53. The third-order valence-electron chi connectivity index (χ3n) is 3.66. The molecular formula is C17H27NO2. The molecule has 0 aliphatic heterocycles. The quantitative estimate of drug-likeness (QED) is 0.912. The van der Waals surface area contributed by atoms with Crippen molar-refractivity contribution in [3.8, 4) is 5.75 Å². The minimum Gasteiger partial charge on any atom is -0.497 e. The first kappa shape index (κ1) is 16.5. The van der Waals surface area contributed by atoms with E-state index in [1.54, 1.807) is 14.0 Å². The van der Waals surface area contributed by atoms with E-state index < -0.39 is 0 Å². The summed E-state index contributed by atoms with van der Waals surface area (Å²) in [4.78, 5) is 10.9. The Bertz CT molecular complexity index is 429. The molecule has 0 spiro atoms. The third kappa shape index (κ3) is 4.55. The first-order chi connectivity index (χ1) is 9.70. The van der Waals surface area contributed by atoms with Crippen LogP contribution in [0.15, 0.2) is 18.2 Å². The van der Waals surface area contributed by atoms with Crippen LogP contribution in [0.2, 0.25) is 0 Å². The largest absolute Gasteiger partial charge is 0.497 e. The monoisotopic (exact) mass is 277 g/mol. The van der Waals surface area contributed by atoms with Crippen molar-refractivity contribution in [2.45, 2.75) is 52.4 Å². The fourth-order valence-electron chi connectivity index (χ4n) is 2.72. The molecule has 0 radical (unpaired) electrons. The zero-order valence-corrected chi connectivity index (χ0v) is 13.2. The molecule has 1 aromatic rings. The van der Waals surface area contributed by atoms with E-state index in [0.717, 1.165) is 25.1 Å². The minimum absolute atomic E-state index is 0.0525. The zero-order chi connectivity index (χ0) is 15.0. The van der Waals surface area contributed by atoms with E-state index in [0.29, 0.717) is 5.92 Å². The number of aryl methyl sites for hydroxylation is 1. The Morgan fingerprint density at radius 2 is 2.15 bits per heavy atom. The first-order valence-corrected chi connectivity index (χ1v) is 7.62. The number of fused-ring (bicyclic) bond motifs is 1. The van der Waals surface area contributed by atoms with Gasteiger partial charge in [0.1, 0.15) is 5.75 Å². The standard InChI is InChI=1S/C15H21NO2.C2H6/c1-11(17)16-9-8-13-5-3-4-12-6-7-14(18-2)10-15(12)13;1-2/h6-7,10,13H,3-5,8-9H2,1-2H3,(H,16,17);1-2H3. The van der Waals surface area contributed by atoms with E-state index in [2.05, 4.69) is 17.4 Å². The molecule has 1 unspecified atom stereocenters. The molecule has 1 N–H and O–H groups in total. The maximum Gasteiger partial charge on any atom is 0.216 e. The molecular weight excluding hydrogens is 250 g/mol. The molecule has 0 aromatic heterocycles. The Morgan fingerprint density at radius 1 is 1.40 bits per heavy atom. The van der Waals surface area contributed by atoms with Crippen LogP contribution in [0.1, 0.15) is 57.1 Å². The lowest BCUT2D eigenvalue weighted by atomic mass is 9.81. The molecule has 1 atom stereocenters. The van der Waals surface area contributed by atoms with Gasteiger partial charge in [0, 0.05) is 13.5 Å². The summed E-state index contributed by atoms with van der Waals surface area (Å²) in [6.45, 7) is 6.33. The summed E-state index contributed by atoms with van der Waals surface area (Å²) in [7, 11) is 1.71. The van der Waals surface area contributed by atoms with Crippen LogP contribution < -0.4 is 10.1 Å². The van der Waals surface area contributed by atoms with Crippen LogP contribution in [0.3, 0.4) is 0 Å². The maximum absolute atomic E-state index is 10.9. The lowest BCUT2D eigenvalue weighted by Crippen LogP contribution is -2.23. The van der Waals surface area contributed by atoms with Gasteiger partial charge in [0.05, 0.1) is 7.11 Å². The second-order valence-electron chi connectivity index (χ2n) is 4.93. The highest BCUT2D eigenvalue weighted by Gasteiger charge is 2.20. The van der Waals surface area contributed by atoms with Crippen molar-refractivity contribution in [2.24, 2.45) is 0 Å². The Morgan fingerprint density at radius 3 is 2.80 bits per heavy atom. The van der Waals surface area contributed by atoms with Crippen molar-refractivity contribution in [1.29, 1.82) is 0 Å². The van der Waals surface area contributed by atoms with E-state index in [9.17, 15) is 4.79 Å². The maximum atomic E-state index is 10.9. The SMILES string of the molecule is CC.COc1ccc2c(c1)C(CCNC(C)=O)CCC2. The van der Waals surface area contributed by atoms with Gasteiger partial charge in [-0.2, -0.15) is 0 Å². The molecule has 0 saturated carbocycles. The van der Waals surface area contributed by atoms with Gasteiger partial charge in [-0.05, 0) is 54.9 Å². The second-order valence-corrected chi connectivity index (χ2v) is 4.93. The number of amides is 1. The van der Waals surface area contributed by atoms with Gasteiger partial charge in [-0.1, -0.05) is 19.9 Å². The fraction of sp³-hybridized carbons (Fsp3) is 0.588. The number of carbonyl (C=O) groups is 1. The topological polar surface area (TPSA) is 38.3 Å². The number of methoxy groups -OCH3 is 1. The molecule has 1 aliphatic rings. The van der Waals surface area contributed by atoms with Crippen LogP contribution in [0.4, 0.5) is 0 Å². The van der Waals surface area contributed by atoms with Gasteiger partial charge in [-0.3, -0.25) is 4.79 Å². The van der Waals surface area contributed by atoms with Gasteiger partial charge in [-0.15, -0.1) is 0 Å². The van der Waals surface area contributed by atoms with E-state index in [-0.39, 0.29) is 5.91 Å². The molecule has 0 bridgehead atoms. The van der Waals surface area contributed by atoms with Crippen molar-refractivity contribution in [3.63, 3.8) is 0 Å². The van der Waals surface area contributed by atoms with Gasteiger partial charge >= 0.3 is 0 Å². The lowest BCUT2D eigenvalue weighted by molar-refractivity contribution is -0.118. The second kappa shape index (κ2) is 8.62. The minimum atomic E-state index is 0.0525. The van der Waals surface area contributed by atoms with Crippen LogP contribution in [0.25, 0.3) is 0 Å². The smallest absolute Gasteiger partial charge is 0.216 e. The summed E-state index contributed by atoms with van der Waals surface area (Å²) in [5, 5.41) is 2.88. The van der Waals surface area contributed by atoms with Gasteiger partial charge in [0.2, 0.25) is 5.91 Å². The summed E-state index contributed by atoms with van der Waals surface area (Å²) in [5.41, 5.74) is 2.85. The van der Waals surface area contributed by atoms with Gasteiger partial charge in [-0.25, -0.2) is 0 Å².